The molecule has 1 aromatic heterocycles. The van der Waals surface area contributed by atoms with Gasteiger partial charge < -0.3 is 10.4 Å². The first-order chi connectivity index (χ1) is 6.24. The maximum absolute atomic E-state index is 8.70. The molecule has 0 aliphatic rings. The zero-order chi connectivity index (χ0) is 9.68. The van der Waals surface area contributed by atoms with Crippen molar-refractivity contribution in [3.05, 3.63) is 16.1 Å². The van der Waals surface area contributed by atoms with Crippen molar-refractivity contribution in [2.75, 3.05) is 6.61 Å². The average molecular weight is 200 g/mol. The maximum Gasteiger partial charge on any atom is 0.0798 e. The Kier molecular flexibility index (Phi) is 4.35. The third-order valence-electron chi connectivity index (χ3n) is 2.02. The van der Waals surface area contributed by atoms with Crippen molar-refractivity contribution in [1.29, 1.82) is 0 Å². The van der Waals surface area contributed by atoms with Crippen LogP contribution in [0.4, 0.5) is 0 Å². The Morgan fingerprint density at radius 1 is 1.69 bits per heavy atom. The molecule has 1 atom stereocenters. The lowest BCUT2D eigenvalue weighted by Crippen LogP contribution is -2.26. The van der Waals surface area contributed by atoms with Crippen molar-refractivity contribution in [2.45, 2.75) is 32.9 Å². The number of aliphatic hydroxyl groups is 1. The van der Waals surface area contributed by atoms with Crippen LogP contribution in [0.5, 0.6) is 0 Å². The molecular formula is C9H16N2OS. The fourth-order valence-electron chi connectivity index (χ4n) is 1.06. The molecule has 0 aromatic carbocycles. The number of hydrogen-bond donors (Lipinski definition) is 2. The molecule has 1 rings (SSSR count). The summed E-state index contributed by atoms with van der Waals surface area (Å²) in [6, 6.07) is 0.367. The first-order valence-corrected chi connectivity index (χ1v) is 5.35. The number of nitrogens with one attached hydrogen (secondary N) is 1. The predicted molar refractivity (Wildman–Crippen MR) is 54.9 cm³/mol. The van der Waals surface area contributed by atoms with Crippen LogP contribution in [0.25, 0.3) is 0 Å². The van der Waals surface area contributed by atoms with Gasteiger partial charge in [0.1, 0.15) is 0 Å². The minimum absolute atomic E-state index is 0.246. The number of thiazole rings is 1. The van der Waals surface area contributed by atoms with Crippen molar-refractivity contribution < 1.29 is 5.11 Å². The molecule has 0 saturated heterocycles. The zero-order valence-corrected chi connectivity index (χ0v) is 8.90. The molecule has 4 heteroatoms. The average Bonchev–Trinajstić information content (AvgIpc) is 2.48. The molecule has 0 unspecified atom stereocenters. The molecule has 0 amide bonds. The molecule has 1 aromatic rings. The summed E-state index contributed by atoms with van der Waals surface area (Å²) < 4.78 is 0. The summed E-state index contributed by atoms with van der Waals surface area (Å²) in [4.78, 5) is 5.45. The number of aromatic nitrogens is 1. The van der Waals surface area contributed by atoms with E-state index in [0.29, 0.717) is 6.04 Å². The van der Waals surface area contributed by atoms with E-state index >= 15 is 0 Å². The second-order valence-corrected chi connectivity index (χ2v) is 4.09. The molecule has 13 heavy (non-hydrogen) atoms. The standard InChI is InChI=1S/C9H16N2OS/c1-7(3-4-12)10-5-9-8(2)11-6-13-9/h6-7,10,12H,3-5H2,1-2H3/t7-/m1/s1. The van der Waals surface area contributed by atoms with Crippen LogP contribution in [0.1, 0.15) is 23.9 Å². The number of rotatable bonds is 5. The van der Waals surface area contributed by atoms with Gasteiger partial charge in [0.25, 0.3) is 0 Å². The van der Waals surface area contributed by atoms with E-state index in [-0.39, 0.29) is 6.61 Å². The monoisotopic (exact) mass is 200 g/mol. The molecule has 2 N–H and O–H groups in total. The van der Waals surface area contributed by atoms with Gasteiger partial charge in [-0.1, -0.05) is 0 Å². The van der Waals surface area contributed by atoms with Crippen LogP contribution in [0.2, 0.25) is 0 Å². The van der Waals surface area contributed by atoms with E-state index in [1.54, 1.807) is 11.3 Å². The van der Waals surface area contributed by atoms with Crippen LogP contribution < -0.4 is 5.32 Å². The number of aliphatic hydroxyl groups excluding tert-OH is 1. The molecule has 0 spiro atoms. The van der Waals surface area contributed by atoms with Crippen molar-refractivity contribution in [3.63, 3.8) is 0 Å². The van der Waals surface area contributed by atoms with Gasteiger partial charge in [-0.3, -0.25) is 0 Å². The van der Waals surface area contributed by atoms with E-state index in [1.807, 2.05) is 12.4 Å². The summed E-state index contributed by atoms with van der Waals surface area (Å²) in [5.74, 6) is 0. The number of hydrogen-bond acceptors (Lipinski definition) is 4. The fourth-order valence-corrected chi connectivity index (χ4v) is 1.79. The number of aryl methyl sites for hydroxylation is 1. The minimum Gasteiger partial charge on any atom is -0.396 e. The Morgan fingerprint density at radius 3 is 3.00 bits per heavy atom. The summed E-state index contributed by atoms with van der Waals surface area (Å²) >= 11 is 1.67. The normalized spacial score (nSPS) is 13.2. The molecular weight excluding hydrogens is 184 g/mol. The first kappa shape index (κ1) is 10.6. The van der Waals surface area contributed by atoms with Gasteiger partial charge in [-0.05, 0) is 20.3 Å². The zero-order valence-electron chi connectivity index (χ0n) is 8.08. The summed E-state index contributed by atoms with van der Waals surface area (Å²) in [6.45, 7) is 5.20. The minimum atomic E-state index is 0.246. The van der Waals surface area contributed by atoms with Crippen molar-refractivity contribution in [3.8, 4) is 0 Å². The summed E-state index contributed by atoms with van der Waals surface area (Å²) in [6.07, 6.45) is 0.803. The van der Waals surface area contributed by atoms with Crippen molar-refractivity contribution in [1.82, 2.24) is 10.3 Å². The Bertz CT molecular complexity index is 250. The van der Waals surface area contributed by atoms with Gasteiger partial charge >= 0.3 is 0 Å². The Labute approximate surface area is 82.8 Å². The highest BCUT2D eigenvalue weighted by Gasteiger charge is 2.03. The highest BCUT2D eigenvalue weighted by molar-refractivity contribution is 7.09. The van der Waals surface area contributed by atoms with Crippen LogP contribution in [0.3, 0.4) is 0 Å². The molecule has 0 aliphatic carbocycles. The summed E-state index contributed by atoms with van der Waals surface area (Å²) in [5, 5.41) is 12.0. The quantitative estimate of drug-likeness (QED) is 0.753. The van der Waals surface area contributed by atoms with Crippen LogP contribution in [0.15, 0.2) is 5.51 Å². The predicted octanol–water partition coefficient (Wildman–Crippen LogP) is 1.31. The third-order valence-corrected chi connectivity index (χ3v) is 2.95. The van der Waals surface area contributed by atoms with Gasteiger partial charge in [-0.25, -0.2) is 4.98 Å². The van der Waals surface area contributed by atoms with Gasteiger partial charge in [-0.2, -0.15) is 0 Å². The maximum atomic E-state index is 8.70. The smallest absolute Gasteiger partial charge is 0.0798 e. The van der Waals surface area contributed by atoms with Crippen molar-refractivity contribution in [2.24, 2.45) is 0 Å². The molecule has 0 saturated carbocycles. The SMILES string of the molecule is Cc1ncsc1CN[C@H](C)CCO. The van der Waals surface area contributed by atoms with Crippen LogP contribution >= 0.6 is 11.3 Å². The Balaban J connectivity index is 2.30. The molecule has 0 radical (unpaired) electrons. The van der Waals surface area contributed by atoms with Gasteiger partial charge in [0.15, 0.2) is 0 Å². The fraction of sp³-hybridized carbons (Fsp3) is 0.667. The van der Waals surface area contributed by atoms with Crippen LogP contribution in [-0.4, -0.2) is 22.7 Å². The number of nitrogens with zero attached hydrogens (tertiary/aromatic N) is 1. The highest BCUT2D eigenvalue weighted by atomic mass is 32.1. The molecule has 1 heterocycles. The van der Waals surface area contributed by atoms with Crippen LogP contribution in [-0.2, 0) is 6.54 Å². The van der Waals surface area contributed by atoms with Crippen LogP contribution in [0, 0.1) is 6.92 Å². The van der Waals surface area contributed by atoms with Gasteiger partial charge in [0, 0.05) is 24.1 Å². The molecule has 0 bridgehead atoms. The molecule has 0 aliphatic heterocycles. The van der Waals surface area contributed by atoms with Gasteiger partial charge in [0.2, 0.25) is 0 Å². The lowest BCUT2D eigenvalue weighted by Gasteiger charge is -2.11. The second-order valence-electron chi connectivity index (χ2n) is 3.16. The molecule has 0 fully saturated rings. The van der Waals surface area contributed by atoms with E-state index in [1.165, 1.54) is 4.88 Å². The summed E-state index contributed by atoms with van der Waals surface area (Å²) in [5.41, 5.74) is 2.97. The molecule has 3 nitrogen and oxygen atoms in total. The lowest BCUT2D eigenvalue weighted by atomic mass is 10.2. The topological polar surface area (TPSA) is 45.2 Å². The van der Waals surface area contributed by atoms with Crippen molar-refractivity contribution >= 4 is 11.3 Å². The summed E-state index contributed by atoms with van der Waals surface area (Å²) in [7, 11) is 0. The van der Waals surface area contributed by atoms with E-state index < -0.39 is 0 Å². The van der Waals surface area contributed by atoms with Gasteiger partial charge in [0.05, 0.1) is 11.2 Å². The highest BCUT2D eigenvalue weighted by Crippen LogP contribution is 2.11. The Hall–Kier alpha value is -0.450. The third kappa shape index (κ3) is 3.42. The molecule has 74 valence electrons. The largest absolute Gasteiger partial charge is 0.396 e. The lowest BCUT2D eigenvalue weighted by molar-refractivity contribution is 0.269. The Morgan fingerprint density at radius 2 is 2.46 bits per heavy atom. The van der Waals surface area contributed by atoms with E-state index in [9.17, 15) is 0 Å². The second kappa shape index (κ2) is 5.32. The van der Waals surface area contributed by atoms with E-state index in [0.717, 1.165) is 18.7 Å². The van der Waals surface area contributed by atoms with Gasteiger partial charge in [-0.15, -0.1) is 11.3 Å². The first-order valence-electron chi connectivity index (χ1n) is 4.47. The van der Waals surface area contributed by atoms with E-state index in [2.05, 4.69) is 17.2 Å². The van der Waals surface area contributed by atoms with E-state index in [4.69, 9.17) is 5.11 Å².